The quantitative estimate of drug-likeness (QED) is 0.476. The highest BCUT2D eigenvalue weighted by Crippen LogP contribution is 2.27. The van der Waals surface area contributed by atoms with Crippen molar-refractivity contribution in [1.82, 2.24) is 9.97 Å². The van der Waals surface area contributed by atoms with Gasteiger partial charge in [0, 0.05) is 12.4 Å². The maximum absolute atomic E-state index is 11.8. The Labute approximate surface area is 174 Å². The number of hydrogen-bond donors (Lipinski definition) is 2. The third-order valence-electron chi connectivity index (χ3n) is 4.20. The van der Waals surface area contributed by atoms with E-state index in [2.05, 4.69) is 23.1 Å². The van der Waals surface area contributed by atoms with E-state index in [4.69, 9.17) is 9.47 Å². The standard InChI is InChI=1S/C22H24N2O6/c1-5-29-21(27)13(3)19(25)15-7-9-23-17(11-15)18-12-16(8-10-24-18)20(26)14(4)22(28)30-6-2/h7-12,19-20,25-26H,3-6H2,1-2H3. The SMILES string of the molecule is C=C(C(=O)OCC)C(O)c1ccnc(-c2cc(C(O)C(=C)C(=O)OCC)ccn2)c1. The Bertz CT molecular complexity index is 879. The van der Waals surface area contributed by atoms with Crippen LogP contribution in [0.2, 0.25) is 0 Å². The third-order valence-corrected chi connectivity index (χ3v) is 4.20. The molecular weight excluding hydrogens is 388 g/mol. The van der Waals surface area contributed by atoms with Gasteiger partial charge in [-0.25, -0.2) is 9.59 Å². The van der Waals surface area contributed by atoms with Crippen molar-refractivity contribution in [3.8, 4) is 11.4 Å². The van der Waals surface area contributed by atoms with Gasteiger partial charge in [-0.3, -0.25) is 9.97 Å². The molecule has 0 aliphatic rings. The van der Waals surface area contributed by atoms with Crippen LogP contribution in [0.4, 0.5) is 0 Å². The van der Waals surface area contributed by atoms with Crippen LogP contribution in [0, 0.1) is 0 Å². The van der Waals surface area contributed by atoms with E-state index in [0.29, 0.717) is 22.5 Å². The number of aliphatic hydroxyl groups is 2. The van der Waals surface area contributed by atoms with Gasteiger partial charge in [-0.15, -0.1) is 0 Å². The van der Waals surface area contributed by atoms with Crippen LogP contribution in [-0.4, -0.2) is 45.3 Å². The summed E-state index contributed by atoms with van der Waals surface area (Å²) in [6.07, 6.45) is 0.356. The van der Waals surface area contributed by atoms with E-state index < -0.39 is 24.1 Å². The maximum atomic E-state index is 11.8. The number of hydrogen-bond acceptors (Lipinski definition) is 8. The molecule has 2 rings (SSSR count). The van der Waals surface area contributed by atoms with Crippen molar-refractivity contribution in [3.63, 3.8) is 0 Å². The first kappa shape index (κ1) is 22.9. The number of esters is 2. The smallest absolute Gasteiger partial charge is 0.336 e. The summed E-state index contributed by atoms with van der Waals surface area (Å²) in [6.45, 7) is 10.8. The fraction of sp³-hybridized carbons (Fsp3) is 0.273. The van der Waals surface area contributed by atoms with Gasteiger partial charge in [0.05, 0.1) is 35.7 Å². The molecule has 0 saturated carbocycles. The Morgan fingerprint density at radius 2 is 1.23 bits per heavy atom. The molecule has 8 nitrogen and oxygen atoms in total. The molecule has 0 fully saturated rings. The molecule has 0 aliphatic carbocycles. The van der Waals surface area contributed by atoms with Crippen molar-refractivity contribution in [2.24, 2.45) is 0 Å². The van der Waals surface area contributed by atoms with Crippen LogP contribution in [0.1, 0.15) is 37.2 Å². The minimum Gasteiger partial charge on any atom is -0.463 e. The molecular formula is C22H24N2O6. The average molecular weight is 412 g/mol. The van der Waals surface area contributed by atoms with Gasteiger partial charge >= 0.3 is 11.9 Å². The van der Waals surface area contributed by atoms with Gasteiger partial charge in [-0.2, -0.15) is 0 Å². The van der Waals surface area contributed by atoms with Crippen molar-refractivity contribution >= 4 is 11.9 Å². The first-order chi connectivity index (χ1) is 14.3. The summed E-state index contributed by atoms with van der Waals surface area (Å²) in [7, 11) is 0. The Morgan fingerprint density at radius 3 is 1.57 bits per heavy atom. The third kappa shape index (κ3) is 5.37. The summed E-state index contributed by atoms with van der Waals surface area (Å²) in [5, 5.41) is 20.9. The Morgan fingerprint density at radius 1 is 0.867 bits per heavy atom. The van der Waals surface area contributed by atoms with Gasteiger partial charge < -0.3 is 19.7 Å². The first-order valence-corrected chi connectivity index (χ1v) is 9.30. The molecule has 8 heteroatoms. The highest BCUT2D eigenvalue weighted by atomic mass is 16.5. The van der Waals surface area contributed by atoms with Gasteiger partial charge in [-0.05, 0) is 49.2 Å². The van der Waals surface area contributed by atoms with E-state index in [-0.39, 0.29) is 24.4 Å². The van der Waals surface area contributed by atoms with E-state index in [1.807, 2.05) is 0 Å². The predicted molar refractivity (Wildman–Crippen MR) is 109 cm³/mol. The van der Waals surface area contributed by atoms with E-state index >= 15 is 0 Å². The molecule has 0 aromatic carbocycles. The van der Waals surface area contributed by atoms with Crippen LogP contribution < -0.4 is 0 Å². The highest BCUT2D eigenvalue weighted by molar-refractivity contribution is 5.89. The van der Waals surface area contributed by atoms with E-state index in [1.165, 1.54) is 12.4 Å². The van der Waals surface area contributed by atoms with Gasteiger partial charge in [0.25, 0.3) is 0 Å². The lowest BCUT2D eigenvalue weighted by atomic mass is 10.0. The Balaban J connectivity index is 2.29. The molecule has 2 heterocycles. The molecule has 2 unspecified atom stereocenters. The summed E-state index contributed by atoms with van der Waals surface area (Å²) in [6, 6.07) is 6.18. The normalized spacial score (nSPS) is 12.5. The molecule has 0 aliphatic heterocycles. The van der Waals surface area contributed by atoms with E-state index in [1.54, 1.807) is 38.1 Å². The molecule has 2 N–H and O–H groups in total. The van der Waals surface area contributed by atoms with Crippen LogP contribution in [0.15, 0.2) is 61.0 Å². The topological polar surface area (TPSA) is 119 Å². The fourth-order valence-corrected chi connectivity index (χ4v) is 2.59. The van der Waals surface area contributed by atoms with Gasteiger partial charge in [0.2, 0.25) is 0 Å². The zero-order valence-electron chi connectivity index (χ0n) is 16.9. The molecule has 2 atom stereocenters. The lowest BCUT2D eigenvalue weighted by molar-refractivity contribution is -0.140. The summed E-state index contributed by atoms with van der Waals surface area (Å²) < 4.78 is 9.72. The average Bonchev–Trinajstić information content (AvgIpc) is 2.77. The molecule has 0 spiro atoms. The largest absolute Gasteiger partial charge is 0.463 e. The zero-order valence-corrected chi connectivity index (χ0v) is 16.9. The number of carbonyl (C=O) groups excluding carboxylic acids is 2. The van der Waals surface area contributed by atoms with E-state index in [9.17, 15) is 19.8 Å². The van der Waals surface area contributed by atoms with E-state index in [0.717, 1.165) is 0 Å². The van der Waals surface area contributed by atoms with Crippen LogP contribution in [-0.2, 0) is 19.1 Å². The Hall–Kier alpha value is -3.36. The van der Waals surface area contributed by atoms with Crippen molar-refractivity contribution in [1.29, 1.82) is 0 Å². The molecule has 0 saturated heterocycles. The number of carbonyl (C=O) groups is 2. The second kappa shape index (κ2) is 10.4. The number of aliphatic hydroxyl groups excluding tert-OH is 2. The highest BCUT2D eigenvalue weighted by Gasteiger charge is 2.22. The van der Waals surface area contributed by atoms with Crippen molar-refractivity contribution < 1.29 is 29.3 Å². The van der Waals surface area contributed by atoms with Crippen molar-refractivity contribution in [3.05, 3.63) is 72.1 Å². The van der Waals surface area contributed by atoms with Crippen molar-refractivity contribution in [2.45, 2.75) is 26.1 Å². The molecule has 158 valence electrons. The van der Waals surface area contributed by atoms with Crippen LogP contribution in [0.3, 0.4) is 0 Å². The minimum absolute atomic E-state index is 0.100. The lowest BCUT2D eigenvalue weighted by Crippen LogP contribution is -2.14. The second-order valence-corrected chi connectivity index (χ2v) is 6.25. The maximum Gasteiger partial charge on any atom is 0.336 e. The van der Waals surface area contributed by atoms with Crippen LogP contribution in [0.5, 0.6) is 0 Å². The summed E-state index contributed by atoms with van der Waals surface area (Å²) in [5.41, 5.74) is 1.33. The van der Waals surface area contributed by atoms with Gasteiger partial charge in [0.15, 0.2) is 0 Å². The minimum atomic E-state index is -1.27. The summed E-state index contributed by atoms with van der Waals surface area (Å²) >= 11 is 0. The number of ether oxygens (including phenoxy) is 2. The second-order valence-electron chi connectivity index (χ2n) is 6.25. The molecule has 0 amide bonds. The Kier molecular flexibility index (Phi) is 7.97. The van der Waals surface area contributed by atoms with Crippen molar-refractivity contribution in [2.75, 3.05) is 13.2 Å². The number of nitrogens with zero attached hydrogens (tertiary/aromatic N) is 2. The lowest BCUT2D eigenvalue weighted by Gasteiger charge is -2.15. The number of aromatic nitrogens is 2. The first-order valence-electron chi connectivity index (χ1n) is 9.30. The number of pyridine rings is 2. The predicted octanol–water partition coefficient (Wildman–Crippen LogP) is 2.45. The molecule has 2 aromatic rings. The zero-order chi connectivity index (χ0) is 22.3. The fourth-order valence-electron chi connectivity index (χ4n) is 2.59. The molecule has 30 heavy (non-hydrogen) atoms. The monoisotopic (exact) mass is 412 g/mol. The number of rotatable bonds is 9. The van der Waals surface area contributed by atoms with Crippen LogP contribution >= 0.6 is 0 Å². The molecule has 2 aromatic heterocycles. The molecule has 0 radical (unpaired) electrons. The summed E-state index contributed by atoms with van der Waals surface area (Å²) in [5.74, 6) is -1.38. The van der Waals surface area contributed by atoms with Gasteiger partial charge in [0.1, 0.15) is 12.2 Å². The summed E-state index contributed by atoms with van der Waals surface area (Å²) in [4.78, 5) is 32.1. The molecule has 0 bridgehead atoms. The van der Waals surface area contributed by atoms with Gasteiger partial charge in [-0.1, -0.05) is 13.2 Å². The van der Waals surface area contributed by atoms with Crippen LogP contribution in [0.25, 0.3) is 11.4 Å².